The van der Waals surface area contributed by atoms with E-state index < -0.39 is 0 Å². The highest BCUT2D eigenvalue weighted by Gasteiger charge is 2.20. The van der Waals surface area contributed by atoms with E-state index in [1.165, 1.54) is 0 Å². The van der Waals surface area contributed by atoms with E-state index in [2.05, 4.69) is 30.0 Å². The molecule has 4 rings (SSSR count). The Hall–Kier alpha value is -3.00. The van der Waals surface area contributed by atoms with Crippen LogP contribution in [0.25, 0.3) is 11.4 Å². The summed E-state index contributed by atoms with van der Waals surface area (Å²) in [4.78, 5) is 13.8. The van der Waals surface area contributed by atoms with Crippen molar-refractivity contribution in [1.82, 2.24) is 29.6 Å². The molecule has 0 spiro atoms. The maximum absolute atomic E-state index is 5.40. The maximum atomic E-state index is 5.40. The van der Waals surface area contributed by atoms with E-state index in [-0.39, 0.29) is 0 Å². The Kier molecular flexibility index (Phi) is 4.97. The zero-order valence-corrected chi connectivity index (χ0v) is 15.6. The molecule has 0 bridgehead atoms. The molecule has 3 aromatic rings. The summed E-state index contributed by atoms with van der Waals surface area (Å²) in [5, 5.41) is 8.15. The van der Waals surface area contributed by atoms with Gasteiger partial charge in [0.15, 0.2) is 5.82 Å². The molecule has 8 nitrogen and oxygen atoms in total. The summed E-state index contributed by atoms with van der Waals surface area (Å²) in [6.07, 6.45) is 5.55. The number of hydrogen-bond acceptors (Lipinski definition) is 7. The van der Waals surface area contributed by atoms with Crippen LogP contribution in [0.2, 0.25) is 0 Å². The summed E-state index contributed by atoms with van der Waals surface area (Å²) in [7, 11) is 3.64. The van der Waals surface area contributed by atoms with Crippen molar-refractivity contribution in [3.05, 3.63) is 48.5 Å². The van der Waals surface area contributed by atoms with Crippen molar-refractivity contribution in [1.29, 1.82) is 0 Å². The number of anilines is 1. The average molecular weight is 365 g/mol. The summed E-state index contributed by atoms with van der Waals surface area (Å²) in [5.41, 5.74) is 2.02. The van der Waals surface area contributed by atoms with Gasteiger partial charge < -0.3 is 14.2 Å². The number of hydrogen-bond donors (Lipinski definition) is 0. The van der Waals surface area contributed by atoms with Crippen molar-refractivity contribution < 1.29 is 4.74 Å². The van der Waals surface area contributed by atoms with Gasteiger partial charge in [-0.2, -0.15) is 0 Å². The largest absolute Gasteiger partial charge is 0.496 e. The number of para-hydroxylation sites is 1. The standard InChI is InChI=1S/C19H23N7O/c1-24-14-22-23-19(24)26-9-7-25(8-10-26)13-15-11-20-18(21-12-15)16-5-3-4-6-17(16)27-2/h3-6,11-12,14H,7-10,13H2,1-2H3. The highest BCUT2D eigenvalue weighted by Crippen LogP contribution is 2.26. The minimum Gasteiger partial charge on any atom is -0.496 e. The molecule has 0 saturated carbocycles. The summed E-state index contributed by atoms with van der Waals surface area (Å²) in [6, 6.07) is 7.80. The number of nitrogens with zero attached hydrogens (tertiary/aromatic N) is 7. The first kappa shape index (κ1) is 17.4. The Bertz CT molecular complexity index is 885. The summed E-state index contributed by atoms with van der Waals surface area (Å²) < 4.78 is 7.35. The van der Waals surface area contributed by atoms with Gasteiger partial charge >= 0.3 is 0 Å². The topological polar surface area (TPSA) is 72.2 Å². The molecule has 3 heterocycles. The molecule has 0 unspecified atom stereocenters. The molecular weight excluding hydrogens is 342 g/mol. The first-order valence-corrected chi connectivity index (χ1v) is 9.00. The van der Waals surface area contributed by atoms with Gasteiger partial charge in [0, 0.05) is 57.7 Å². The second kappa shape index (κ2) is 7.71. The first-order valence-electron chi connectivity index (χ1n) is 9.00. The van der Waals surface area contributed by atoms with Crippen molar-refractivity contribution in [2.75, 3.05) is 38.2 Å². The quantitative estimate of drug-likeness (QED) is 0.680. The summed E-state index contributed by atoms with van der Waals surface area (Å²) in [5.74, 6) is 2.40. The van der Waals surface area contributed by atoms with Crippen LogP contribution in [0, 0.1) is 0 Å². The van der Waals surface area contributed by atoms with E-state index >= 15 is 0 Å². The second-order valence-electron chi connectivity index (χ2n) is 6.62. The third kappa shape index (κ3) is 3.75. The second-order valence-corrected chi connectivity index (χ2v) is 6.62. The Morgan fingerprint density at radius 3 is 2.44 bits per heavy atom. The van der Waals surface area contributed by atoms with E-state index in [1.807, 2.05) is 48.3 Å². The lowest BCUT2D eigenvalue weighted by Gasteiger charge is -2.34. The van der Waals surface area contributed by atoms with Crippen molar-refractivity contribution in [2.24, 2.45) is 7.05 Å². The van der Waals surface area contributed by atoms with Gasteiger partial charge in [0.05, 0.1) is 12.7 Å². The molecule has 27 heavy (non-hydrogen) atoms. The Morgan fingerprint density at radius 1 is 1.04 bits per heavy atom. The fraction of sp³-hybridized carbons (Fsp3) is 0.368. The highest BCUT2D eigenvalue weighted by atomic mass is 16.5. The molecule has 0 aliphatic carbocycles. The molecule has 140 valence electrons. The number of aromatic nitrogens is 5. The number of piperazine rings is 1. The van der Waals surface area contributed by atoms with Crippen LogP contribution in [0.4, 0.5) is 5.95 Å². The smallest absolute Gasteiger partial charge is 0.226 e. The Morgan fingerprint density at radius 2 is 1.78 bits per heavy atom. The van der Waals surface area contributed by atoms with Gasteiger partial charge in [-0.25, -0.2) is 9.97 Å². The normalized spacial score (nSPS) is 15.1. The number of aryl methyl sites for hydroxylation is 1. The predicted molar refractivity (Wildman–Crippen MR) is 103 cm³/mol. The minimum atomic E-state index is 0.684. The lowest BCUT2D eigenvalue weighted by Crippen LogP contribution is -2.46. The number of rotatable bonds is 5. The van der Waals surface area contributed by atoms with Gasteiger partial charge in [0.25, 0.3) is 0 Å². The molecular formula is C19H23N7O. The maximum Gasteiger partial charge on any atom is 0.226 e. The Labute approximate surface area is 158 Å². The highest BCUT2D eigenvalue weighted by molar-refractivity contribution is 5.63. The molecule has 0 amide bonds. The van der Waals surface area contributed by atoms with Gasteiger partial charge in [0.1, 0.15) is 12.1 Å². The van der Waals surface area contributed by atoms with Gasteiger partial charge in [-0.05, 0) is 12.1 Å². The molecule has 1 aromatic carbocycles. The molecule has 1 saturated heterocycles. The van der Waals surface area contributed by atoms with Crippen LogP contribution in [-0.4, -0.2) is 62.9 Å². The number of methoxy groups -OCH3 is 1. The molecule has 8 heteroatoms. The van der Waals surface area contributed by atoms with Crippen molar-refractivity contribution in [3.8, 4) is 17.1 Å². The van der Waals surface area contributed by atoms with Crippen LogP contribution < -0.4 is 9.64 Å². The SMILES string of the molecule is COc1ccccc1-c1ncc(CN2CCN(c3nncn3C)CC2)cn1. The van der Waals surface area contributed by atoms with E-state index in [0.29, 0.717) is 5.82 Å². The van der Waals surface area contributed by atoms with Crippen molar-refractivity contribution in [2.45, 2.75) is 6.54 Å². The molecule has 1 fully saturated rings. The Balaban J connectivity index is 1.38. The lowest BCUT2D eigenvalue weighted by atomic mass is 10.2. The fourth-order valence-electron chi connectivity index (χ4n) is 3.33. The van der Waals surface area contributed by atoms with Crippen LogP contribution in [0.5, 0.6) is 5.75 Å². The van der Waals surface area contributed by atoms with E-state index in [4.69, 9.17) is 4.74 Å². The first-order chi connectivity index (χ1) is 13.2. The average Bonchev–Trinajstić information content (AvgIpc) is 3.15. The molecule has 1 aliphatic heterocycles. The molecule has 2 aromatic heterocycles. The molecule has 0 N–H and O–H groups in total. The van der Waals surface area contributed by atoms with Crippen molar-refractivity contribution >= 4 is 5.95 Å². The van der Waals surface area contributed by atoms with Gasteiger partial charge in [-0.1, -0.05) is 12.1 Å². The van der Waals surface area contributed by atoms with Crippen LogP contribution >= 0.6 is 0 Å². The number of ether oxygens (including phenoxy) is 1. The summed E-state index contributed by atoms with van der Waals surface area (Å²) in [6.45, 7) is 4.67. The van der Waals surface area contributed by atoms with Crippen LogP contribution in [0.3, 0.4) is 0 Å². The third-order valence-corrected chi connectivity index (χ3v) is 4.80. The molecule has 0 radical (unpaired) electrons. The van der Waals surface area contributed by atoms with E-state index in [1.54, 1.807) is 13.4 Å². The van der Waals surface area contributed by atoms with Gasteiger partial charge in [-0.3, -0.25) is 4.90 Å². The summed E-state index contributed by atoms with van der Waals surface area (Å²) >= 11 is 0. The number of benzene rings is 1. The monoisotopic (exact) mass is 365 g/mol. The predicted octanol–water partition coefficient (Wildman–Crippen LogP) is 1.60. The van der Waals surface area contributed by atoms with E-state index in [0.717, 1.165) is 55.5 Å². The van der Waals surface area contributed by atoms with Crippen molar-refractivity contribution in [3.63, 3.8) is 0 Å². The van der Waals surface area contributed by atoms with E-state index in [9.17, 15) is 0 Å². The minimum absolute atomic E-state index is 0.684. The molecule has 0 atom stereocenters. The van der Waals surface area contributed by atoms with Crippen LogP contribution in [0.1, 0.15) is 5.56 Å². The molecule has 1 aliphatic rings. The zero-order chi connectivity index (χ0) is 18.6. The van der Waals surface area contributed by atoms with Crippen LogP contribution in [0.15, 0.2) is 43.0 Å². The zero-order valence-electron chi connectivity index (χ0n) is 15.6. The van der Waals surface area contributed by atoms with Gasteiger partial charge in [0.2, 0.25) is 5.95 Å². The fourth-order valence-corrected chi connectivity index (χ4v) is 3.33. The van der Waals surface area contributed by atoms with Gasteiger partial charge in [-0.15, -0.1) is 10.2 Å². The lowest BCUT2D eigenvalue weighted by molar-refractivity contribution is 0.247. The third-order valence-electron chi connectivity index (χ3n) is 4.80. The van der Waals surface area contributed by atoms with Crippen LogP contribution in [-0.2, 0) is 13.6 Å².